The summed E-state index contributed by atoms with van der Waals surface area (Å²) in [4.78, 5) is 13.6. The Kier molecular flexibility index (Phi) is 3.84. The molecule has 24 heavy (non-hydrogen) atoms. The molecule has 1 fully saturated rings. The van der Waals surface area contributed by atoms with Gasteiger partial charge in [0.15, 0.2) is 5.82 Å². The molecule has 2 aromatic heterocycles. The van der Waals surface area contributed by atoms with Crippen LogP contribution in [-0.4, -0.2) is 24.7 Å². The lowest BCUT2D eigenvalue weighted by Crippen LogP contribution is -2.05. The van der Waals surface area contributed by atoms with Gasteiger partial charge in [-0.25, -0.2) is 19.6 Å². The maximum absolute atomic E-state index is 4.57. The zero-order valence-corrected chi connectivity index (χ0v) is 14.1. The smallest absolute Gasteiger partial charge is 0.161 e. The fraction of sp³-hybridized carbons (Fsp3) is 0.368. The summed E-state index contributed by atoms with van der Waals surface area (Å²) in [6, 6.07) is 8.66. The van der Waals surface area contributed by atoms with Gasteiger partial charge in [0.2, 0.25) is 0 Å². The first-order chi connectivity index (χ1) is 11.7. The second-order valence-electron chi connectivity index (χ2n) is 6.41. The summed E-state index contributed by atoms with van der Waals surface area (Å²) in [5.41, 5.74) is 3.48. The van der Waals surface area contributed by atoms with Crippen molar-refractivity contribution in [1.29, 1.82) is 0 Å². The van der Waals surface area contributed by atoms with Crippen molar-refractivity contribution in [1.82, 2.24) is 24.7 Å². The highest BCUT2D eigenvalue weighted by atomic mass is 15.3. The first kappa shape index (κ1) is 15.0. The summed E-state index contributed by atoms with van der Waals surface area (Å²) in [7, 11) is 0. The second kappa shape index (κ2) is 6.15. The van der Waals surface area contributed by atoms with E-state index in [0.717, 1.165) is 29.5 Å². The van der Waals surface area contributed by atoms with Crippen LogP contribution < -0.4 is 0 Å². The van der Waals surface area contributed by atoms with Crippen molar-refractivity contribution in [2.24, 2.45) is 0 Å². The quantitative estimate of drug-likeness (QED) is 0.722. The predicted molar refractivity (Wildman–Crippen MR) is 92.7 cm³/mol. The van der Waals surface area contributed by atoms with Crippen LogP contribution in [0.3, 0.4) is 0 Å². The topological polar surface area (TPSA) is 56.5 Å². The van der Waals surface area contributed by atoms with E-state index in [4.69, 9.17) is 0 Å². The van der Waals surface area contributed by atoms with Gasteiger partial charge in [-0.15, -0.1) is 0 Å². The van der Waals surface area contributed by atoms with Crippen molar-refractivity contribution in [2.75, 3.05) is 0 Å². The van der Waals surface area contributed by atoms with Crippen LogP contribution in [0.5, 0.6) is 0 Å². The van der Waals surface area contributed by atoms with Crippen molar-refractivity contribution in [2.45, 2.75) is 45.6 Å². The Balaban J connectivity index is 1.61. The Morgan fingerprint density at radius 1 is 1.04 bits per heavy atom. The van der Waals surface area contributed by atoms with Crippen LogP contribution in [0.4, 0.5) is 0 Å². The van der Waals surface area contributed by atoms with Crippen molar-refractivity contribution in [3.63, 3.8) is 0 Å². The van der Waals surface area contributed by atoms with E-state index in [1.807, 2.05) is 24.0 Å². The molecule has 1 aliphatic rings. The minimum Gasteiger partial charge on any atom is -0.241 e. The highest BCUT2D eigenvalue weighted by molar-refractivity contribution is 5.52. The molecule has 0 atom stereocenters. The first-order valence-electron chi connectivity index (χ1n) is 8.54. The summed E-state index contributed by atoms with van der Waals surface area (Å²) in [5.74, 6) is 3.11. The SMILES string of the molecule is CCc1ccc(Cn2nc(C)nc2-c2cnc(C3CC3)nc2)cc1. The maximum Gasteiger partial charge on any atom is 0.161 e. The van der Waals surface area contributed by atoms with Gasteiger partial charge in [0.25, 0.3) is 0 Å². The van der Waals surface area contributed by atoms with Gasteiger partial charge in [-0.2, -0.15) is 5.10 Å². The molecule has 0 saturated heterocycles. The molecule has 0 bridgehead atoms. The van der Waals surface area contributed by atoms with Crippen LogP contribution in [0.25, 0.3) is 11.4 Å². The zero-order valence-electron chi connectivity index (χ0n) is 14.1. The highest BCUT2D eigenvalue weighted by Crippen LogP contribution is 2.37. The third-order valence-electron chi connectivity index (χ3n) is 4.41. The average Bonchev–Trinajstić information content (AvgIpc) is 3.40. The van der Waals surface area contributed by atoms with Gasteiger partial charge in [-0.05, 0) is 37.3 Å². The molecule has 5 heteroatoms. The van der Waals surface area contributed by atoms with E-state index >= 15 is 0 Å². The molecule has 5 nitrogen and oxygen atoms in total. The number of nitrogens with zero attached hydrogens (tertiary/aromatic N) is 5. The summed E-state index contributed by atoms with van der Waals surface area (Å²) >= 11 is 0. The zero-order chi connectivity index (χ0) is 16.5. The third kappa shape index (κ3) is 3.07. The lowest BCUT2D eigenvalue weighted by atomic mass is 10.1. The molecular formula is C19H21N5. The van der Waals surface area contributed by atoms with Gasteiger partial charge in [0.1, 0.15) is 11.6 Å². The van der Waals surface area contributed by atoms with Crippen molar-refractivity contribution in [3.05, 3.63) is 59.4 Å². The summed E-state index contributed by atoms with van der Waals surface area (Å²) < 4.78 is 1.94. The van der Waals surface area contributed by atoms with Crippen molar-refractivity contribution in [3.8, 4) is 11.4 Å². The monoisotopic (exact) mass is 319 g/mol. The van der Waals surface area contributed by atoms with Gasteiger partial charge < -0.3 is 0 Å². The molecule has 122 valence electrons. The minimum absolute atomic E-state index is 0.565. The molecule has 0 unspecified atom stereocenters. The molecule has 0 amide bonds. The van der Waals surface area contributed by atoms with Crippen molar-refractivity contribution >= 4 is 0 Å². The van der Waals surface area contributed by atoms with E-state index in [1.165, 1.54) is 24.0 Å². The fourth-order valence-electron chi connectivity index (χ4n) is 2.84. The normalized spacial score (nSPS) is 14.1. The van der Waals surface area contributed by atoms with Gasteiger partial charge >= 0.3 is 0 Å². The second-order valence-corrected chi connectivity index (χ2v) is 6.41. The Labute approximate surface area is 141 Å². The lowest BCUT2D eigenvalue weighted by molar-refractivity contribution is 0.685. The van der Waals surface area contributed by atoms with Gasteiger partial charge in [0.05, 0.1) is 12.1 Å². The Morgan fingerprint density at radius 3 is 2.33 bits per heavy atom. The van der Waals surface area contributed by atoms with E-state index in [9.17, 15) is 0 Å². The molecular weight excluding hydrogens is 298 g/mol. The minimum atomic E-state index is 0.565. The van der Waals surface area contributed by atoms with Gasteiger partial charge in [0, 0.05) is 18.3 Å². The standard InChI is InChI=1S/C19H21N5/c1-3-14-4-6-15(7-5-14)12-24-19(22-13(2)23-24)17-10-20-18(21-11-17)16-8-9-16/h4-7,10-11,16H,3,8-9,12H2,1-2H3. The number of hydrogen-bond donors (Lipinski definition) is 0. The maximum atomic E-state index is 4.57. The van der Waals surface area contributed by atoms with Crippen LogP contribution in [0.2, 0.25) is 0 Å². The summed E-state index contributed by atoms with van der Waals surface area (Å²) in [6.07, 6.45) is 7.23. The molecule has 3 aromatic rings. The number of aromatic nitrogens is 5. The largest absolute Gasteiger partial charge is 0.241 e. The van der Waals surface area contributed by atoms with Gasteiger partial charge in [-0.1, -0.05) is 31.2 Å². The van der Waals surface area contributed by atoms with Crippen molar-refractivity contribution < 1.29 is 0 Å². The first-order valence-corrected chi connectivity index (χ1v) is 8.54. The molecule has 1 aliphatic carbocycles. The van der Waals surface area contributed by atoms with Crippen LogP contribution in [0.1, 0.15) is 48.5 Å². The third-order valence-corrected chi connectivity index (χ3v) is 4.41. The van der Waals surface area contributed by atoms with E-state index in [0.29, 0.717) is 12.5 Å². The molecule has 0 radical (unpaired) electrons. The molecule has 0 aliphatic heterocycles. The summed E-state index contributed by atoms with van der Waals surface area (Å²) in [5, 5.41) is 4.54. The van der Waals surface area contributed by atoms with Crippen LogP contribution in [0, 0.1) is 6.92 Å². The Bertz CT molecular complexity index is 829. The van der Waals surface area contributed by atoms with E-state index in [-0.39, 0.29) is 0 Å². The fourth-order valence-corrected chi connectivity index (χ4v) is 2.84. The lowest BCUT2D eigenvalue weighted by Gasteiger charge is -2.07. The average molecular weight is 319 g/mol. The number of hydrogen-bond acceptors (Lipinski definition) is 4. The summed E-state index contributed by atoms with van der Waals surface area (Å²) in [6.45, 7) is 4.78. The van der Waals surface area contributed by atoms with E-state index in [1.54, 1.807) is 0 Å². The van der Waals surface area contributed by atoms with Gasteiger partial charge in [-0.3, -0.25) is 0 Å². The highest BCUT2D eigenvalue weighted by Gasteiger charge is 2.26. The van der Waals surface area contributed by atoms with Crippen LogP contribution in [-0.2, 0) is 13.0 Å². The molecule has 2 heterocycles. The predicted octanol–water partition coefficient (Wildman–Crippen LogP) is 3.53. The molecule has 4 rings (SSSR count). The number of benzene rings is 1. The van der Waals surface area contributed by atoms with E-state index in [2.05, 4.69) is 51.2 Å². The number of rotatable bonds is 5. The van der Waals surface area contributed by atoms with Crippen LogP contribution in [0.15, 0.2) is 36.7 Å². The molecule has 0 spiro atoms. The Hall–Kier alpha value is -2.56. The van der Waals surface area contributed by atoms with Crippen LogP contribution >= 0.6 is 0 Å². The van der Waals surface area contributed by atoms with E-state index < -0.39 is 0 Å². The molecule has 0 N–H and O–H groups in total. The Morgan fingerprint density at radius 2 is 1.71 bits per heavy atom. The molecule has 1 saturated carbocycles. The molecule has 1 aromatic carbocycles. The number of aryl methyl sites for hydroxylation is 2.